The van der Waals surface area contributed by atoms with Crippen LogP contribution in [0, 0.1) is 5.82 Å². The molecule has 0 aromatic heterocycles. The van der Waals surface area contributed by atoms with Crippen LogP contribution in [0.25, 0.3) is 0 Å². The van der Waals surface area contributed by atoms with Gasteiger partial charge < -0.3 is 15.0 Å². The lowest BCUT2D eigenvalue weighted by Gasteiger charge is -2.34. The molecular weight excluding hydrogens is 641 g/mol. The van der Waals surface area contributed by atoms with Gasteiger partial charge in [0.05, 0.1) is 17.2 Å². The fourth-order valence-electron chi connectivity index (χ4n) is 4.94. The highest BCUT2D eigenvalue weighted by Crippen LogP contribution is 2.28. The second-order valence-corrected chi connectivity index (χ2v) is 13.3. The van der Waals surface area contributed by atoms with Gasteiger partial charge in [0.25, 0.3) is 10.0 Å². The van der Waals surface area contributed by atoms with Crippen LogP contribution < -0.4 is 14.4 Å². The predicted molar refractivity (Wildman–Crippen MR) is 182 cm³/mol. The molecule has 1 N–H and O–H groups in total. The molecule has 4 aromatic carbocycles. The first kappa shape index (κ1) is 35.4. The van der Waals surface area contributed by atoms with Crippen LogP contribution >= 0.6 is 11.6 Å². The number of hydrogen-bond acceptors (Lipinski definition) is 5. The summed E-state index contributed by atoms with van der Waals surface area (Å²) in [4.78, 5) is 29.6. The van der Waals surface area contributed by atoms with Crippen molar-refractivity contribution in [2.24, 2.45) is 0 Å². The maximum Gasteiger partial charge on any atom is 0.264 e. The Morgan fingerprint density at radius 3 is 2.15 bits per heavy atom. The summed E-state index contributed by atoms with van der Waals surface area (Å²) in [6.45, 7) is 5.08. The van der Waals surface area contributed by atoms with E-state index in [0.29, 0.717) is 23.8 Å². The van der Waals surface area contributed by atoms with Crippen molar-refractivity contribution in [2.45, 2.75) is 57.1 Å². The third-order valence-corrected chi connectivity index (χ3v) is 9.73. The van der Waals surface area contributed by atoms with E-state index in [0.717, 1.165) is 9.87 Å². The van der Waals surface area contributed by atoms with Gasteiger partial charge in [-0.1, -0.05) is 67.1 Å². The number of nitrogens with zero attached hydrogens (tertiary/aromatic N) is 2. The molecule has 4 rings (SSSR count). The number of rotatable bonds is 15. The summed E-state index contributed by atoms with van der Waals surface area (Å²) in [5.41, 5.74) is 1.16. The van der Waals surface area contributed by atoms with E-state index in [1.807, 2.05) is 51.1 Å². The van der Waals surface area contributed by atoms with Crippen molar-refractivity contribution in [1.82, 2.24) is 10.2 Å². The van der Waals surface area contributed by atoms with Crippen LogP contribution in [0.1, 0.15) is 38.3 Å². The minimum absolute atomic E-state index is 0.0837. The molecule has 0 saturated heterocycles. The Morgan fingerprint density at radius 2 is 1.53 bits per heavy atom. The van der Waals surface area contributed by atoms with Crippen molar-refractivity contribution in [3.8, 4) is 5.75 Å². The third kappa shape index (κ3) is 9.33. The van der Waals surface area contributed by atoms with Crippen LogP contribution in [0.5, 0.6) is 5.75 Å². The lowest BCUT2D eigenvalue weighted by atomic mass is 10.0. The highest BCUT2D eigenvalue weighted by Gasteiger charge is 2.35. The van der Waals surface area contributed by atoms with E-state index in [2.05, 4.69) is 5.32 Å². The van der Waals surface area contributed by atoms with Crippen molar-refractivity contribution in [3.63, 3.8) is 0 Å². The van der Waals surface area contributed by atoms with Gasteiger partial charge in [0, 0.05) is 29.6 Å². The Hall–Kier alpha value is -4.41. The molecule has 0 aliphatic rings. The molecule has 0 unspecified atom stereocenters. The molecule has 0 aliphatic heterocycles. The van der Waals surface area contributed by atoms with Crippen LogP contribution in [-0.2, 0) is 32.6 Å². The molecule has 0 saturated carbocycles. The lowest BCUT2D eigenvalue weighted by molar-refractivity contribution is -0.140. The Morgan fingerprint density at radius 1 is 0.894 bits per heavy atom. The van der Waals surface area contributed by atoms with E-state index < -0.39 is 40.2 Å². The van der Waals surface area contributed by atoms with Gasteiger partial charge in [-0.15, -0.1) is 0 Å². The molecule has 47 heavy (non-hydrogen) atoms. The monoisotopic (exact) mass is 679 g/mol. The van der Waals surface area contributed by atoms with Gasteiger partial charge >= 0.3 is 0 Å². The number of hydrogen-bond donors (Lipinski definition) is 1. The molecule has 4 aromatic rings. The molecular formula is C36H39ClFN3O5S. The average molecular weight is 680 g/mol. The molecule has 2 amide bonds. The number of sulfonamides is 1. The summed E-state index contributed by atoms with van der Waals surface area (Å²) < 4.78 is 49.9. The third-order valence-electron chi connectivity index (χ3n) is 7.69. The molecule has 0 radical (unpaired) electrons. The number of amides is 2. The Kier molecular flexibility index (Phi) is 12.4. The summed E-state index contributed by atoms with van der Waals surface area (Å²) in [7, 11) is -4.32. The quantitative estimate of drug-likeness (QED) is 0.152. The Bertz CT molecular complexity index is 1740. The average Bonchev–Trinajstić information content (AvgIpc) is 3.07. The summed E-state index contributed by atoms with van der Waals surface area (Å²) >= 11 is 6.05. The minimum atomic E-state index is -4.32. The number of halogens is 2. The zero-order valence-electron chi connectivity index (χ0n) is 26.6. The summed E-state index contributed by atoms with van der Waals surface area (Å²) in [6, 6.07) is 25.8. The Labute approximate surface area is 281 Å². The maximum atomic E-state index is 15.1. The van der Waals surface area contributed by atoms with Crippen molar-refractivity contribution in [2.75, 3.05) is 17.5 Å². The second-order valence-electron chi connectivity index (χ2n) is 11.0. The first-order valence-corrected chi connectivity index (χ1v) is 17.2. The van der Waals surface area contributed by atoms with E-state index in [1.54, 1.807) is 30.3 Å². The van der Waals surface area contributed by atoms with Gasteiger partial charge in [-0.2, -0.15) is 0 Å². The highest BCUT2D eigenvalue weighted by molar-refractivity contribution is 7.92. The highest BCUT2D eigenvalue weighted by atomic mass is 35.5. The van der Waals surface area contributed by atoms with Gasteiger partial charge in [0.1, 0.15) is 24.2 Å². The van der Waals surface area contributed by atoms with Gasteiger partial charge in [-0.25, -0.2) is 12.8 Å². The lowest BCUT2D eigenvalue weighted by Crippen LogP contribution is -2.54. The van der Waals surface area contributed by atoms with Crippen molar-refractivity contribution in [1.29, 1.82) is 0 Å². The van der Waals surface area contributed by atoms with E-state index in [1.165, 1.54) is 47.4 Å². The normalized spacial score (nSPS) is 12.5. The molecule has 0 heterocycles. The smallest absolute Gasteiger partial charge is 0.264 e. The van der Waals surface area contributed by atoms with Gasteiger partial charge in [0.15, 0.2) is 0 Å². The molecule has 0 bridgehead atoms. The van der Waals surface area contributed by atoms with Crippen LogP contribution in [0.15, 0.2) is 108 Å². The van der Waals surface area contributed by atoms with Crippen molar-refractivity contribution in [3.05, 3.63) is 125 Å². The first-order chi connectivity index (χ1) is 22.5. The van der Waals surface area contributed by atoms with Crippen LogP contribution in [0.4, 0.5) is 10.1 Å². The minimum Gasteiger partial charge on any atom is -0.494 e. The first-order valence-electron chi connectivity index (χ1n) is 15.4. The van der Waals surface area contributed by atoms with Gasteiger partial charge in [-0.05, 0) is 80.4 Å². The number of nitrogens with one attached hydrogen (secondary N) is 1. The molecule has 248 valence electrons. The number of anilines is 1. The standard InChI is InChI=1S/C36H39ClFN3O5S/c1-4-26(3)39-36(43)34(23-27-11-7-6-8-12-27)40(24-28-13-9-10-14-33(28)38)35(42)25-41(30-17-19-31(20-18-30)46-5-2)47(44,45)32-21-15-29(37)16-22-32/h6-22,26,34H,4-5,23-25H2,1-3H3,(H,39,43)/t26-,34+/m0/s1. The summed E-state index contributed by atoms with van der Waals surface area (Å²) in [5, 5.41) is 3.31. The number of benzene rings is 4. The fraction of sp³-hybridized carbons (Fsp3) is 0.278. The van der Waals surface area contributed by atoms with E-state index in [-0.39, 0.29) is 35.2 Å². The van der Waals surface area contributed by atoms with Crippen molar-refractivity contribution >= 4 is 39.1 Å². The van der Waals surface area contributed by atoms with Crippen LogP contribution in [0.3, 0.4) is 0 Å². The SMILES string of the molecule is CCOc1ccc(N(CC(=O)N(Cc2ccccc2F)[C@H](Cc2ccccc2)C(=O)N[C@@H](C)CC)S(=O)(=O)c2ccc(Cl)cc2)cc1. The predicted octanol–water partition coefficient (Wildman–Crippen LogP) is 6.63. The zero-order valence-corrected chi connectivity index (χ0v) is 28.2. The molecule has 0 aliphatic carbocycles. The largest absolute Gasteiger partial charge is 0.494 e. The fourth-order valence-corrected chi connectivity index (χ4v) is 6.48. The van der Waals surface area contributed by atoms with Gasteiger partial charge in [-0.3, -0.25) is 13.9 Å². The maximum absolute atomic E-state index is 15.1. The number of ether oxygens (including phenoxy) is 1. The van der Waals surface area contributed by atoms with E-state index in [4.69, 9.17) is 16.3 Å². The Balaban J connectivity index is 1.81. The van der Waals surface area contributed by atoms with Crippen molar-refractivity contribution < 1.29 is 27.1 Å². The summed E-state index contributed by atoms with van der Waals surface area (Å²) in [5.74, 6) is -1.15. The molecule has 11 heteroatoms. The molecule has 0 spiro atoms. The summed E-state index contributed by atoms with van der Waals surface area (Å²) in [6.07, 6.45) is 0.770. The van der Waals surface area contributed by atoms with E-state index >= 15 is 4.39 Å². The zero-order chi connectivity index (χ0) is 34.0. The number of carbonyl (C=O) groups is 2. The topological polar surface area (TPSA) is 96.0 Å². The molecule has 0 fully saturated rings. The number of carbonyl (C=O) groups excluding carboxylic acids is 2. The van der Waals surface area contributed by atoms with E-state index in [9.17, 15) is 18.0 Å². The van der Waals surface area contributed by atoms with Crippen LogP contribution in [0.2, 0.25) is 5.02 Å². The molecule has 2 atom stereocenters. The van der Waals surface area contributed by atoms with Crippen LogP contribution in [-0.4, -0.2) is 50.4 Å². The van der Waals surface area contributed by atoms with Gasteiger partial charge in [0.2, 0.25) is 11.8 Å². The molecule has 8 nitrogen and oxygen atoms in total. The second kappa shape index (κ2) is 16.4.